The van der Waals surface area contributed by atoms with Crippen LogP contribution in [0.4, 0.5) is 0 Å². The third kappa shape index (κ3) is 3.90. The molecular formula is C16H18N2O2. The Kier molecular flexibility index (Phi) is 4.85. The van der Waals surface area contributed by atoms with Gasteiger partial charge in [0.25, 0.3) is 5.91 Å². The molecule has 4 heteroatoms. The van der Waals surface area contributed by atoms with Crippen LogP contribution in [0.1, 0.15) is 17.4 Å². The number of para-hydroxylation sites is 1. The molecule has 0 aliphatic heterocycles. The summed E-state index contributed by atoms with van der Waals surface area (Å²) in [5, 5.41) is 3.80. The summed E-state index contributed by atoms with van der Waals surface area (Å²) in [7, 11) is 0. The fourth-order valence-electron chi connectivity index (χ4n) is 1.77. The topological polar surface area (TPSA) is 51.2 Å². The normalized spacial score (nSPS) is 10.4. The van der Waals surface area contributed by atoms with Gasteiger partial charge in [0.2, 0.25) is 0 Å². The van der Waals surface area contributed by atoms with Gasteiger partial charge in [-0.25, -0.2) is 4.98 Å². The van der Waals surface area contributed by atoms with Crippen molar-refractivity contribution < 1.29 is 9.53 Å². The molecule has 0 saturated carbocycles. The van der Waals surface area contributed by atoms with E-state index >= 15 is 0 Å². The van der Waals surface area contributed by atoms with Gasteiger partial charge in [-0.15, -0.1) is 0 Å². The van der Waals surface area contributed by atoms with E-state index in [-0.39, 0.29) is 5.91 Å². The fraction of sp³-hybridized carbons (Fsp3) is 0.250. The van der Waals surface area contributed by atoms with Crippen LogP contribution in [0, 0.1) is 0 Å². The second-order valence-electron chi connectivity index (χ2n) is 4.65. The van der Waals surface area contributed by atoms with Gasteiger partial charge in [0.05, 0.1) is 18.7 Å². The first-order valence-corrected chi connectivity index (χ1v) is 6.53. The molecule has 1 amide bonds. The Morgan fingerprint density at radius 2 is 2.10 bits per heavy atom. The van der Waals surface area contributed by atoms with Crippen LogP contribution in [0.2, 0.25) is 0 Å². The van der Waals surface area contributed by atoms with Gasteiger partial charge in [0.15, 0.2) is 0 Å². The van der Waals surface area contributed by atoms with Crippen LogP contribution in [-0.2, 0) is 4.74 Å². The molecular weight excluding hydrogens is 252 g/mol. The number of ether oxygens (including phenoxy) is 1. The second-order valence-corrected chi connectivity index (χ2v) is 4.65. The minimum absolute atomic E-state index is 0.185. The Morgan fingerprint density at radius 1 is 1.30 bits per heavy atom. The fourth-order valence-corrected chi connectivity index (χ4v) is 1.77. The molecule has 2 rings (SSSR count). The molecule has 0 aliphatic carbocycles. The van der Waals surface area contributed by atoms with Gasteiger partial charge in [0.1, 0.15) is 5.69 Å². The molecule has 20 heavy (non-hydrogen) atoms. The molecule has 104 valence electrons. The van der Waals surface area contributed by atoms with Crippen molar-refractivity contribution in [1.29, 1.82) is 0 Å². The van der Waals surface area contributed by atoms with E-state index in [1.807, 2.05) is 37.3 Å². The van der Waals surface area contributed by atoms with Crippen molar-refractivity contribution in [1.82, 2.24) is 10.3 Å². The van der Waals surface area contributed by atoms with E-state index in [1.54, 1.807) is 6.07 Å². The van der Waals surface area contributed by atoms with Gasteiger partial charge < -0.3 is 10.1 Å². The van der Waals surface area contributed by atoms with Crippen LogP contribution in [-0.4, -0.2) is 30.6 Å². The third-order valence-electron chi connectivity index (χ3n) is 2.71. The number of pyridine rings is 1. The molecule has 0 aliphatic rings. The summed E-state index contributed by atoms with van der Waals surface area (Å²) in [6.45, 7) is 7.08. The summed E-state index contributed by atoms with van der Waals surface area (Å²) >= 11 is 0. The SMILES string of the molecule is C=C(C)COCCNC(=O)c1ccc2ccccc2n1. The van der Waals surface area contributed by atoms with Gasteiger partial charge in [-0.2, -0.15) is 0 Å². The highest BCUT2D eigenvalue weighted by Gasteiger charge is 2.07. The van der Waals surface area contributed by atoms with Crippen LogP contribution in [0.3, 0.4) is 0 Å². The van der Waals surface area contributed by atoms with E-state index in [1.165, 1.54) is 0 Å². The number of nitrogens with one attached hydrogen (secondary N) is 1. The van der Waals surface area contributed by atoms with E-state index in [0.29, 0.717) is 25.5 Å². The summed E-state index contributed by atoms with van der Waals surface area (Å²) in [6, 6.07) is 11.3. The Bertz CT molecular complexity index is 623. The van der Waals surface area contributed by atoms with E-state index < -0.39 is 0 Å². The predicted octanol–water partition coefficient (Wildman–Crippen LogP) is 2.56. The Hall–Kier alpha value is -2.20. The zero-order valence-corrected chi connectivity index (χ0v) is 11.6. The molecule has 0 bridgehead atoms. The highest BCUT2D eigenvalue weighted by Crippen LogP contribution is 2.11. The molecule has 0 saturated heterocycles. The predicted molar refractivity (Wildman–Crippen MR) is 79.7 cm³/mol. The zero-order chi connectivity index (χ0) is 14.4. The average molecular weight is 270 g/mol. The van der Waals surface area contributed by atoms with Crippen molar-refractivity contribution in [3.05, 3.63) is 54.2 Å². The number of hydrogen-bond acceptors (Lipinski definition) is 3. The van der Waals surface area contributed by atoms with Crippen LogP contribution < -0.4 is 5.32 Å². The molecule has 1 heterocycles. The summed E-state index contributed by atoms with van der Waals surface area (Å²) in [5.74, 6) is -0.185. The Balaban J connectivity index is 1.89. The number of amides is 1. The second kappa shape index (κ2) is 6.82. The monoisotopic (exact) mass is 270 g/mol. The smallest absolute Gasteiger partial charge is 0.269 e. The number of fused-ring (bicyclic) bond motifs is 1. The first kappa shape index (κ1) is 14.2. The first-order chi connectivity index (χ1) is 9.66. The number of carbonyl (C=O) groups is 1. The van der Waals surface area contributed by atoms with Gasteiger partial charge >= 0.3 is 0 Å². The molecule has 0 fully saturated rings. The van der Waals surface area contributed by atoms with Crippen molar-refractivity contribution in [3.63, 3.8) is 0 Å². The van der Waals surface area contributed by atoms with Gasteiger partial charge in [-0.1, -0.05) is 36.4 Å². The minimum Gasteiger partial charge on any atom is -0.375 e. The van der Waals surface area contributed by atoms with Crippen molar-refractivity contribution in [3.8, 4) is 0 Å². The lowest BCUT2D eigenvalue weighted by Crippen LogP contribution is -2.28. The van der Waals surface area contributed by atoms with Crippen LogP contribution in [0.15, 0.2) is 48.6 Å². The lowest BCUT2D eigenvalue weighted by atomic mass is 10.2. The average Bonchev–Trinajstić information content (AvgIpc) is 2.46. The standard InChI is InChI=1S/C16H18N2O2/c1-12(2)11-20-10-9-17-16(19)15-8-7-13-5-3-4-6-14(13)18-15/h3-8H,1,9-11H2,2H3,(H,17,19). The molecule has 0 radical (unpaired) electrons. The highest BCUT2D eigenvalue weighted by atomic mass is 16.5. The molecule has 1 aromatic carbocycles. The van der Waals surface area contributed by atoms with E-state index in [4.69, 9.17) is 4.74 Å². The quantitative estimate of drug-likeness (QED) is 0.648. The molecule has 1 aromatic heterocycles. The summed E-state index contributed by atoms with van der Waals surface area (Å²) in [5.41, 5.74) is 2.20. The number of carbonyl (C=O) groups excluding carboxylic acids is 1. The van der Waals surface area contributed by atoms with Crippen LogP contribution >= 0.6 is 0 Å². The summed E-state index contributed by atoms with van der Waals surface area (Å²) in [6.07, 6.45) is 0. The van der Waals surface area contributed by atoms with Crippen LogP contribution in [0.25, 0.3) is 10.9 Å². The number of nitrogens with zero attached hydrogens (tertiary/aromatic N) is 1. The highest BCUT2D eigenvalue weighted by molar-refractivity contribution is 5.94. The maximum Gasteiger partial charge on any atom is 0.269 e. The van der Waals surface area contributed by atoms with Gasteiger partial charge in [0, 0.05) is 11.9 Å². The minimum atomic E-state index is -0.185. The van der Waals surface area contributed by atoms with Gasteiger partial charge in [-0.05, 0) is 19.1 Å². The van der Waals surface area contributed by atoms with E-state index in [9.17, 15) is 4.79 Å². The lowest BCUT2D eigenvalue weighted by Gasteiger charge is -2.06. The Labute approximate surface area is 118 Å². The molecule has 4 nitrogen and oxygen atoms in total. The number of benzene rings is 1. The number of aromatic nitrogens is 1. The maximum absolute atomic E-state index is 11.9. The number of hydrogen-bond donors (Lipinski definition) is 1. The zero-order valence-electron chi connectivity index (χ0n) is 11.6. The van der Waals surface area contributed by atoms with Crippen molar-refractivity contribution in [2.45, 2.75) is 6.92 Å². The largest absolute Gasteiger partial charge is 0.375 e. The van der Waals surface area contributed by atoms with E-state index in [0.717, 1.165) is 16.5 Å². The maximum atomic E-state index is 11.9. The lowest BCUT2D eigenvalue weighted by molar-refractivity contribution is 0.0922. The Morgan fingerprint density at radius 3 is 2.90 bits per heavy atom. The van der Waals surface area contributed by atoms with E-state index in [2.05, 4.69) is 16.9 Å². The molecule has 0 spiro atoms. The van der Waals surface area contributed by atoms with Crippen molar-refractivity contribution in [2.75, 3.05) is 19.8 Å². The third-order valence-corrected chi connectivity index (χ3v) is 2.71. The molecule has 1 N–H and O–H groups in total. The summed E-state index contributed by atoms with van der Waals surface area (Å²) in [4.78, 5) is 16.3. The molecule has 2 aromatic rings. The van der Waals surface area contributed by atoms with Gasteiger partial charge in [-0.3, -0.25) is 4.79 Å². The van der Waals surface area contributed by atoms with Crippen LogP contribution in [0.5, 0.6) is 0 Å². The first-order valence-electron chi connectivity index (χ1n) is 6.53. The summed E-state index contributed by atoms with van der Waals surface area (Å²) < 4.78 is 5.32. The molecule has 0 unspecified atom stereocenters. The van der Waals surface area contributed by atoms with Crippen molar-refractivity contribution in [2.24, 2.45) is 0 Å². The van der Waals surface area contributed by atoms with Crippen molar-refractivity contribution >= 4 is 16.8 Å². The molecule has 0 atom stereocenters. The number of rotatable bonds is 6.